The standard InChI is InChI=1S/C15H19F3O/c1-2-11-4-3-9-14(19,10-11)12-5-7-13(8-6-12)15(16,17)18/h5-8,11,19H,2-4,9-10H2,1H3. The second-order valence-corrected chi connectivity index (χ2v) is 5.48. The molecule has 106 valence electrons. The normalized spacial score (nSPS) is 28.4. The van der Waals surface area contributed by atoms with Crippen LogP contribution in [0.1, 0.15) is 50.2 Å². The topological polar surface area (TPSA) is 20.2 Å². The fraction of sp³-hybridized carbons (Fsp3) is 0.600. The van der Waals surface area contributed by atoms with Gasteiger partial charge in [-0.3, -0.25) is 0 Å². The number of benzene rings is 1. The maximum Gasteiger partial charge on any atom is 0.416 e. The van der Waals surface area contributed by atoms with Gasteiger partial charge in [-0.2, -0.15) is 13.2 Å². The van der Waals surface area contributed by atoms with Gasteiger partial charge < -0.3 is 5.11 Å². The van der Waals surface area contributed by atoms with Crippen LogP contribution in [0.5, 0.6) is 0 Å². The summed E-state index contributed by atoms with van der Waals surface area (Å²) < 4.78 is 37.5. The maximum absolute atomic E-state index is 12.5. The van der Waals surface area contributed by atoms with Crippen LogP contribution in [0.4, 0.5) is 13.2 Å². The summed E-state index contributed by atoms with van der Waals surface area (Å²) in [5.74, 6) is 0.459. The first-order valence-corrected chi connectivity index (χ1v) is 6.75. The van der Waals surface area contributed by atoms with Gasteiger partial charge >= 0.3 is 6.18 Å². The molecule has 0 bridgehead atoms. The second kappa shape index (κ2) is 5.16. The molecule has 0 spiro atoms. The summed E-state index contributed by atoms with van der Waals surface area (Å²) in [5, 5.41) is 10.7. The SMILES string of the molecule is CCC1CCCC(O)(c2ccc(C(F)(F)F)cc2)C1. The fourth-order valence-corrected chi connectivity index (χ4v) is 2.94. The van der Waals surface area contributed by atoms with E-state index in [1.54, 1.807) is 0 Å². The van der Waals surface area contributed by atoms with E-state index in [0.717, 1.165) is 31.4 Å². The highest BCUT2D eigenvalue weighted by Crippen LogP contribution is 2.41. The summed E-state index contributed by atoms with van der Waals surface area (Å²) in [6, 6.07) is 4.95. The highest BCUT2D eigenvalue weighted by molar-refractivity contribution is 5.29. The van der Waals surface area contributed by atoms with E-state index >= 15 is 0 Å². The van der Waals surface area contributed by atoms with Crippen molar-refractivity contribution in [2.24, 2.45) is 5.92 Å². The molecule has 0 heterocycles. The molecule has 1 aliphatic rings. The zero-order valence-corrected chi connectivity index (χ0v) is 11.0. The third kappa shape index (κ3) is 3.11. The molecule has 0 radical (unpaired) electrons. The molecule has 4 heteroatoms. The lowest BCUT2D eigenvalue weighted by Crippen LogP contribution is -2.32. The molecule has 0 amide bonds. The molecule has 0 aromatic heterocycles. The van der Waals surface area contributed by atoms with Gasteiger partial charge in [0, 0.05) is 0 Å². The van der Waals surface area contributed by atoms with Crippen molar-refractivity contribution < 1.29 is 18.3 Å². The van der Waals surface area contributed by atoms with E-state index in [0.29, 0.717) is 24.3 Å². The van der Waals surface area contributed by atoms with Crippen molar-refractivity contribution in [2.75, 3.05) is 0 Å². The van der Waals surface area contributed by atoms with Crippen molar-refractivity contribution in [2.45, 2.75) is 50.8 Å². The Morgan fingerprint density at radius 3 is 2.42 bits per heavy atom. The Hall–Kier alpha value is -1.03. The molecule has 19 heavy (non-hydrogen) atoms. The molecule has 1 aromatic rings. The van der Waals surface area contributed by atoms with Crippen LogP contribution in [0.3, 0.4) is 0 Å². The minimum Gasteiger partial charge on any atom is -0.385 e. The minimum absolute atomic E-state index is 0.459. The van der Waals surface area contributed by atoms with Crippen molar-refractivity contribution in [3.63, 3.8) is 0 Å². The molecule has 0 saturated heterocycles. The van der Waals surface area contributed by atoms with Gasteiger partial charge in [0.1, 0.15) is 0 Å². The maximum atomic E-state index is 12.5. The van der Waals surface area contributed by atoms with Crippen LogP contribution in [0.25, 0.3) is 0 Å². The lowest BCUT2D eigenvalue weighted by atomic mass is 9.73. The molecule has 1 saturated carbocycles. The van der Waals surface area contributed by atoms with Crippen LogP contribution in [0.2, 0.25) is 0 Å². The molecule has 1 N–H and O–H groups in total. The van der Waals surface area contributed by atoms with E-state index in [1.165, 1.54) is 12.1 Å². The minimum atomic E-state index is -4.32. The molecule has 2 atom stereocenters. The predicted octanol–water partition coefficient (Wildman–Crippen LogP) is 4.49. The zero-order chi connectivity index (χ0) is 14.1. The van der Waals surface area contributed by atoms with E-state index in [2.05, 4.69) is 6.92 Å². The average molecular weight is 272 g/mol. The summed E-state index contributed by atoms with van der Waals surface area (Å²) >= 11 is 0. The van der Waals surface area contributed by atoms with Crippen LogP contribution >= 0.6 is 0 Å². The molecule has 2 rings (SSSR count). The number of aliphatic hydroxyl groups is 1. The van der Waals surface area contributed by atoms with Gasteiger partial charge in [0.05, 0.1) is 11.2 Å². The van der Waals surface area contributed by atoms with E-state index in [-0.39, 0.29) is 0 Å². The Balaban J connectivity index is 2.21. The summed E-state index contributed by atoms with van der Waals surface area (Å²) in [6.07, 6.45) is -0.0121. The number of hydrogen-bond donors (Lipinski definition) is 1. The summed E-state index contributed by atoms with van der Waals surface area (Å²) in [4.78, 5) is 0. The zero-order valence-electron chi connectivity index (χ0n) is 11.0. The first-order chi connectivity index (χ1) is 8.85. The number of hydrogen-bond acceptors (Lipinski definition) is 1. The first-order valence-electron chi connectivity index (χ1n) is 6.75. The van der Waals surface area contributed by atoms with Gasteiger partial charge in [0.15, 0.2) is 0 Å². The summed E-state index contributed by atoms with van der Waals surface area (Å²) in [6.45, 7) is 2.09. The first kappa shape index (κ1) is 14.4. The van der Waals surface area contributed by atoms with Crippen molar-refractivity contribution in [1.82, 2.24) is 0 Å². The molecule has 1 fully saturated rings. The smallest absolute Gasteiger partial charge is 0.385 e. The number of alkyl halides is 3. The Labute approximate surface area is 111 Å². The van der Waals surface area contributed by atoms with Crippen LogP contribution in [-0.4, -0.2) is 5.11 Å². The van der Waals surface area contributed by atoms with E-state index in [1.807, 2.05) is 0 Å². The second-order valence-electron chi connectivity index (χ2n) is 5.48. The van der Waals surface area contributed by atoms with E-state index in [4.69, 9.17) is 0 Å². The van der Waals surface area contributed by atoms with Crippen molar-refractivity contribution in [1.29, 1.82) is 0 Å². The molecular formula is C15H19F3O. The number of halogens is 3. The third-order valence-electron chi connectivity index (χ3n) is 4.16. The molecule has 1 nitrogen and oxygen atoms in total. The summed E-state index contributed by atoms with van der Waals surface area (Å²) in [5.41, 5.74) is -1.01. The van der Waals surface area contributed by atoms with E-state index < -0.39 is 17.3 Å². The molecule has 0 aliphatic heterocycles. The number of rotatable bonds is 2. The van der Waals surface area contributed by atoms with Gasteiger partial charge in [0.2, 0.25) is 0 Å². The molecule has 1 aliphatic carbocycles. The van der Waals surface area contributed by atoms with Crippen LogP contribution < -0.4 is 0 Å². The Morgan fingerprint density at radius 1 is 1.26 bits per heavy atom. The average Bonchev–Trinajstić information content (AvgIpc) is 2.38. The fourth-order valence-electron chi connectivity index (χ4n) is 2.94. The van der Waals surface area contributed by atoms with Crippen LogP contribution in [0, 0.1) is 5.92 Å². The predicted molar refractivity (Wildman–Crippen MR) is 67.6 cm³/mol. The third-order valence-corrected chi connectivity index (χ3v) is 4.16. The Kier molecular flexibility index (Phi) is 3.90. The van der Waals surface area contributed by atoms with Crippen LogP contribution in [-0.2, 0) is 11.8 Å². The van der Waals surface area contributed by atoms with Crippen LogP contribution in [0.15, 0.2) is 24.3 Å². The molecular weight excluding hydrogens is 253 g/mol. The van der Waals surface area contributed by atoms with Gasteiger partial charge in [0.25, 0.3) is 0 Å². The molecule has 2 unspecified atom stereocenters. The van der Waals surface area contributed by atoms with Gasteiger partial charge in [-0.1, -0.05) is 31.9 Å². The highest BCUT2D eigenvalue weighted by atomic mass is 19.4. The Bertz CT molecular complexity index is 424. The largest absolute Gasteiger partial charge is 0.416 e. The van der Waals surface area contributed by atoms with Crippen molar-refractivity contribution in [3.8, 4) is 0 Å². The lowest BCUT2D eigenvalue weighted by Gasteiger charge is -2.37. The quantitative estimate of drug-likeness (QED) is 0.840. The summed E-state index contributed by atoms with van der Waals surface area (Å²) in [7, 11) is 0. The Morgan fingerprint density at radius 2 is 1.89 bits per heavy atom. The van der Waals surface area contributed by atoms with Crippen molar-refractivity contribution >= 4 is 0 Å². The van der Waals surface area contributed by atoms with Crippen molar-refractivity contribution in [3.05, 3.63) is 35.4 Å². The van der Waals surface area contributed by atoms with E-state index in [9.17, 15) is 18.3 Å². The van der Waals surface area contributed by atoms with Gasteiger partial charge in [-0.05, 0) is 42.9 Å². The lowest BCUT2D eigenvalue weighted by molar-refractivity contribution is -0.137. The monoisotopic (exact) mass is 272 g/mol. The molecule has 1 aromatic carbocycles. The van der Waals surface area contributed by atoms with Gasteiger partial charge in [-0.25, -0.2) is 0 Å². The van der Waals surface area contributed by atoms with Gasteiger partial charge in [-0.15, -0.1) is 0 Å². The highest BCUT2D eigenvalue weighted by Gasteiger charge is 2.36.